The van der Waals surface area contributed by atoms with Gasteiger partial charge in [-0.15, -0.1) is 5.10 Å². The zero-order valence-electron chi connectivity index (χ0n) is 13.6. The van der Waals surface area contributed by atoms with Crippen LogP contribution in [0.2, 0.25) is 0 Å². The van der Waals surface area contributed by atoms with Crippen molar-refractivity contribution in [3.8, 4) is 11.3 Å². The van der Waals surface area contributed by atoms with E-state index in [1.54, 1.807) is 4.90 Å². The minimum atomic E-state index is -0.173. The molecule has 1 aliphatic rings. The summed E-state index contributed by atoms with van der Waals surface area (Å²) in [6.45, 7) is 2.53. The highest BCUT2D eigenvalue weighted by Crippen LogP contribution is 2.33. The molecular formula is C16H17N7OS. The van der Waals surface area contributed by atoms with Crippen LogP contribution in [0.1, 0.15) is 30.5 Å². The zero-order chi connectivity index (χ0) is 17.2. The third-order valence-electron chi connectivity index (χ3n) is 4.18. The van der Waals surface area contributed by atoms with Crippen molar-refractivity contribution in [1.29, 1.82) is 0 Å². The van der Waals surface area contributed by atoms with Crippen LogP contribution < -0.4 is 5.32 Å². The monoisotopic (exact) mass is 355 g/mol. The number of benzene rings is 1. The van der Waals surface area contributed by atoms with Crippen molar-refractivity contribution < 1.29 is 4.79 Å². The SMILES string of the molecule is Cc1nc([C@H]2CCCN2C(=O)Nc2snnc2-c2ccccc2)n[nH]1. The number of rotatable bonds is 3. The van der Waals surface area contributed by atoms with Crippen LogP contribution in [0.25, 0.3) is 11.3 Å². The number of aromatic nitrogens is 5. The number of carbonyl (C=O) groups is 1. The Hall–Kier alpha value is -2.81. The summed E-state index contributed by atoms with van der Waals surface area (Å²) in [6, 6.07) is 9.42. The first-order valence-electron chi connectivity index (χ1n) is 8.06. The Bertz CT molecular complexity index is 876. The molecular weight excluding hydrogens is 338 g/mol. The van der Waals surface area contributed by atoms with E-state index in [0.717, 1.165) is 24.2 Å². The molecule has 3 aromatic rings. The molecule has 1 aromatic carbocycles. The van der Waals surface area contributed by atoms with Gasteiger partial charge in [0.1, 0.15) is 16.5 Å². The highest BCUT2D eigenvalue weighted by Gasteiger charge is 2.33. The van der Waals surface area contributed by atoms with E-state index in [4.69, 9.17) is 0 Å². The van der Waals surface area contributed by atoms with Crippen LogP contribution in [0.5, 0.6) is 0 Å². The number of nitrogens with one attached hydrogen (secondary N) is 2. The second-order valence-corrected chi connectivity index (χ2v) is 6.63. The number of urea groups is 1. The fourth-order valence-corrected chi connectivity index (χ4v) is 3.60. The first kappa shape index (κ1) is 15.7. The van der Waals surface area contributed by atoms with Crippen molar-refractivity contribution in [2.24, 2.45) is 0 Å². The molecule has 4 rings (SSSR count). The number of H-pyrrole nitrogens is 1. The Morgan fingerprint density at radius 2 is 2.20 bits per heavy atom. The van der Waals surface area contributed by atoms with Gasteiger partial charge in [0.25, 0.3) is 0 Å². The Labute approximate surface area is 148 Å². The molecule has 1 saturated heterocycles. The van der Waals surface area contributed by atoms with Gasteiger partial charge in [0, 0.05) is 23.6 Å². The lowest BCUT2D eigenvalue weighted by molar-refractivity contribution is 0.205. The minimum absolute atomic E-state index is 0.106. The third-order valence-corrected chi connectivity index (χ3v) is 4.82. The molecule has 0 saturated carbocycles. The van der Waals surface area contributed by atoms with Gasteiger partial charge in [-0.2, -0.15) is 5.10 Å². The molecule has 1 aliphatic heterocycles. The predicted molar refractivity (Wildman–Crippen MR) is 94.2 cm³/mol. The molecule has 8 nitrogen and oxygen atoms in total. The number of nitrogens with zero attached hydrogens (tertiary/aromatic N) is 5. The maximum Gasteiger partial charge on any atom is 0.323 e. The molecule has 2 N–H and O–H groups in total. The van der Waals surface area contributed by atoms with Gasteiger partial charge in [-0.3, -0.25) is 10.4 Å². The van der Waals surface area contributed by atoms with E-state index in [9.17, 15) is 4.79 Å². The average Bonchev–Trinajstić information content (AvgIpc) is 3.35. The number of amides is 2. The molecule has 128 valence electrons. The van der Waals surface area contributed by atoms with Gasteiger partial charge in [0.2, 0.25) is 0 Å². The molecule has 0 spiro atoms. The van der Waals surface area contributed by atoms with Crippen LogP contribution in [0.4, 0.5) is 9.80 Å². The summed E-state index contributed by atoms with van der Waals surface area (Å²) in [6.07, 6.45) is 1.79. The van der Waals surface area contributed by atoms with Gasteiger partial charge in [0.15, 0.2) is 5.82 Å². The second kappa shape index (κ2) is 6.60. The summed E-state index contributed by atoms with van der Waals surface area (Å²) >= 11 is 1.18. The van der Waals surface area contributed by atoms with Crippen molar-refractivity contribution >= 4 is 22.6 Å². The second-order valence-electron chi connectivity index (χ2n) is 5.88. The maximum absolute atomic E-state index is 12.8. The molecule has 1 atom stereocenters. The molecule has 25 heavy (non-hydrogen) atoms. The van der Waals surface area contributed by atoms with Crippen molar-refractivity contribution in [3.63, 3.8) is 0 Å². The number of aryl methyl sites for hydroxylation is 1. The predicted octanol–water partition coefficient (Wildman–Crippen LogP) is 3.00. The molecule has 0 radical (unpaired) electrons. The lowest BCUT2D eigenvalue weighted by Crippen LogP contribution is -2.34. The average molecular weight is 355 g/mol. The number of aromatic amines is 1. The van der Waals surface area contributed by atoms with Gasteiger partial charge in [-0.1, -0.05) is 34.8 Å². The summed E-state index contributed by atoms with van der Waals surface area (Å²) in [5.74, 6) is 1.41. The molecule has 2 aromatic heterocycles. The molecule has 0 aliphatic carbocycles. The Morgan fingerprint density at radius 3 is 2.96 bits per heavy atom. The van der Waals surface area contributed by atoms with Gasteiger partial charge in [-0.05, 0) is 19.8 Å². The van der Waals surface area contributed by atoms with Gasteiger partial charge in [-0.25, -0.2) is 9.78 Å². The van der Waals surface area contributed by atoms with E-state index in [2.05, 4.69) is 30.1 Å². The lowest BCUT2D eigenvalue weighted by Gasteiger charge is -2.22. The molecule has 0 bridgehead atoms. The molecule has 0 unspecified atom stereocenters. The van der Waals surface area contributed by atoms with Crippen LogP contribution >= 0.6 is 11.5 Å². The number of hydrogen-bond donors (Lipinski definition) is 2. The van der Waals surface area contributed by atoms with Crippen LogP contribution in [-0.2, 0) is 0 Å². The smallest absolute Gasteiger partial charge is 0.314 e. The first-order chi connectivity index (χ1) is 12.2. The van der Waals surface area contributed by atoms with Crippen LogP contribution in [0.15, 0.2) is 30.3 Å². The topological polar surface area (TPSA) is 99.7 Å². The fraction of sp³-hybridized carbons (Fsp3) is 0.312. The van der Waals surface area contributed by atoms with E-state index in [1.807, 2.05) is 37.3 Å². The normalized spacial score (nSPS) is 17.0. The van der Waals surface area contributed by atoms with Crippen molar-refractivity contribution in [1.82, 2.24) is 29.7 Å². The van der Waals surface area contributed by atoms with Crippen molar-refractivity contribution in [3.05, 3.63) is 42.0 Å². The number of likely N-dealkylation sites (tertiary alicyclic amines) is 1. The lowest BCUT2D eigenvalue weighted by atomic mass is 10.2. The zero-order valence-corrected chi connectivity index (χ0v) is 14.5. The summed E-state index contributed by atoms with van der Waals surface area (Å²) < 4.78 is 3.99. The fourth-order valence-electron chi connectivity index (χ4n) is 3.01. The van der Waals surface area contributed by atoms with E-state index in [-0.39, 0.29) is 12.1 Å². The molecule has 9 heteroatoms. The summed E-state index contributed by atoms with van der Waals surface area (Å²) in [4.78, 5) is 18.9. The molecule has 3 heterocycles. The maximum atomic E-state index is 12.8. The van der Waals surface area contributed by atoms with Gasteiger partial charge < -0.3 is 4.90 Å². The Kier molecular flexibility index (Phi) is 4.14. The summed E-state index contributed by atoms with van der Waals surface area (Å²) in [5, 5.41) is 14.8. The third kappa shape index (κ3) is 3.10. The molecule has 1 fully saturated rings. The van der Waals surface area contributed by atoms with E-state index in [0.29, 0.717) is 23.1 Å². The van der Waals surface area contributed by atoms with Gasteiger partial charge in [0.05, 0.1) is 6.04 Å². The largest absolute Gasteiger partial charge is 0.323 e. The van der Waals surface area contributed by atoms with Crippen LogP contribution in [0.3, 0.4) is 0 Å². The Balaban J connectivity index is 1.54. The summed E-state index contributed by atoms with van der Waals surface area (Å²) in [5.41, 5.74) is 1.61. The highest BCUT2D eigenvalue weighted by molar-refractivity contribution is 7.10. The highest BCUT2D eigenvalue weighted by atomic mass is 32.1. The van der Waals surface area contributed by atoms with E-state index >= 15 is 0 Å². The Morgan fingerprint density at radius 1 is 1.36 bits per heavy atom. The quantitative estimate of drug-likeness (QED) is 0.752. The number of anilines is 1. The number of carbonyl (C=O) groups excluding carboxylic acids is 1. The molecule has 2 amide bonds. The standard InChI is InChI=1S/C16H17N7OS/c1-10-17-14(21-19-10)12-8-5-9-23(12)16(24)18-15-13(20-22-25-15)11-6-3-2-4-7-11/h2-4,6-7,12H,5,8-9H2,1H3,(H,18,24)(H,17,19,21)/t12-/m1/s1. The minimum Gasteiger partial charge on any atom is -0.314 e. The van der Waals surface area contributed by atoms with Crippen LogP contribution in [-0.4, -0.2) is 42.2 Å². The van der Waals surface area contributed by atoms with Crippen molar-refractivity contribution in [2.45, 2.75) is 25.8 Å². The van der Waals surface area contributed by atoms with E-state index < -0.39 is 0 Å². The van der Waals surface area contributed by atoms with Gasteiger partial charge >= 0.3 is 6.03 Å². The number of hydrogen-bond acceptors (Lipinski definition) is 6. The summed E-state index contributed by atoms with van der Waals surface area (Å²) in [7, 11) is 0. The van der Waals surface area contributed by atoms with Crippen LogP contribution in [0, 0.1) is 6.92 Å². The first-order valence-corrected chi connectivity index (χ1v) is 8.84. The van der Waals surface area contributed by atoms with E-state index in [1.165, 1.54) is 11.5 Å². The van der Waals surface area contributed by atoms with Crippen molar-refractivity contribution in [2.75, 3.05) is 11.9 Å².